The number of rotatable bonds is 5. The summed E-state index contributed by atoms with van der Waals surface area (Å²) >= 11 is 8.12. The standard InChI is InChI=1S/C15H20ClNOS/c16-12-2-1-11(10-17-13-3-4-13)15(9-12)19-14-5-7-18-8-6-14/h1-2,9,13-14,17H,3-8,10H2. The van der Waals surface area contributed by atoms with Gasteiger partial charge in [0.2, 0.25) is 0 Å². The average molecular weight is 298 g/mol. The maximum Gasteiger partial charge on any atom is 0.0476 e. The summed E-state index contributed by atoms with van der Waals surface area (Å²) in [5, 5.41) is 5.10. The van der Waals surface area contributed by atoms with Crippen LogP contribution < -0.4 is 5.32 Å². The third-order valence-corrected chi connectivity index (χ3v) is 5.32. The second kappa shape index (κ2) is 6.49. The average Bonchev–Trinajstić information content (AvgIpc) is 3.23. The highest BCUT2D eigenvalue weighted by Gasteiger charge is 2.21. The van der Waals surface area contributed by atoms with E-state index in [1.807, 2.05) is 17.8 Å². The SMILES string of the molecule is Clc1ccc(CNC2CC2)c(SC2CCOCC2)c1. The Balaban J connectivity index is 1.67. The first kappa shape index (κ1) is 13.7. The zero-order chi connectivity index (χ0) is 13.1. The Kier molecular flexibility index (Phi) is 4.69. The second-order valence-corrected chi connectivity index (χ2v) is 7.12. The van der Waals surface area contributed by atoms with Gasteiger partial charge >= 0.3 is 0 Å². The topological polar surface area (TPSA) is 21.3 Å². The molecule has 1 aliphatic carbocycles. The fraction of sp³-hybridized carbons (Fsp3) is 0.600. The lowest BCUT2D eigenvalue weighted by molar-refractivity contribution is 0.1000. The van der Waals surface area contributed by atoms with Crippen molar-refractivity contribution in [3.63, 3.8) is 0 Å². The number of hydrogen-bond acceptors (Lipinski definition) is 3. The third kappa shape index (κ3) is 4.12. The highest BCUT2D eigenvalue weighted by molar-refractivity contribution is 8.00. The van der Waals surface area contributed by atoms with Crippen molar-refractivity contribution in [2.75, 3.05) is 13.2 Å². The lowest BCUT2D eigenvalue weighted by Gasteiger charge is -2.22. The molecule has 1 saturated heterocycles. The predicted molar refractivity (Wildman–Crippen MR) is 81.0 cm³/mol. The molecule has 0 amide bonds. The van der Waals surface area contributed by atoms with Crippen LogP contribution in [0, 0.1) is 0 Å². The van der Waals surface area contributed by atoms with E-state index in [2.05, 4.69) is 17.4 Å². The largest absolute Gasteiger partial charge is 0.381 e. The molecule has 2 nitrogen and oxygen atoms in total. The Labute approximate surface area is 124 Å². The van der Waals surface area contributed by atoms with Gasteiger partial charge in [-0.15, -0.1) is 11.8 Å². The first-order chi connectivity index (χ1) is 9.31. The van der Waals surface area contributed by atoms with Crippen LogP contribution in [0.25, 0.3) is 0 Å². The Bertz CT molecular complexity index is 430. The van der Waals surface area contributed by atoms with Gasteiger partial charge < -0.3 is 10.1 Å². The number of ether oxygens (including phenoxy) is 1. The zero-order valence-electron chi connectivity index (χ0n) is 11.0. The first-order valence-electron chi connectivity index (χ1n) is 7.07. The van der Waals surface area contributed by atoms with Crippen molar-refractivity contribution >= 4 is 23.4 Å². The zero-order valence-corrected chi connectivity index (χ0v) is 12.6. The van der Waals surface area contributed by atoms with Gasteiger partial charge in [-0.25, -0.2) is 0 Å². The summed E-state index contributed by atoms with van der Waals surface area (Å²) in [6, 6.07) is 7.03. The smallest absolute Gasteiger partial charge is 0.0476 e. The van der Waals surface area contributed by atoms with Crippen molar-refractivity contribution in [2.24, 2.45) is 0 Å². The molecule has 0 aromatic heterocycles. The van der Waals surface area contributed by atoms with Gasteiger partial charge in [0.15, 0.2) is 0 Å². The lowest BCUT2D eigenvalue weighted by Crippen LogP contribution is -2.19. The Morgan fingerprint density at radius 2 is 2.00 bits per heavy atom. The van der Waals surface area contributed by atoms with E-state index in [4.69, 9.17) is 16.3 Å². The van der Waals surface area contributed by atoms with Crippen LogP contribution in [0.15, 0.2) is 23.1 Å². The van der Waals surface area contributed by atoms with Crippen LogP contribution >= 0.6 is 23.4 Å². The molecule has 0 bridgehead atoms. The summed E-state index contributed by atoms with van der Waals surface area (Å²) in [6.07, 6.45) is 4.95. The normalized spacial score (nSPS) is 20.7. The monoisotopic (exact) mass is 297 g/mol. The van der Waals surface area contributed by atoms with Crippen molar-refractivity contribution in [3.05, 3.63) is 28.8 Å². The fourth-order valence-corrected chi connectivity index (χ4v) is 3.81. The number of hydrogen-bond donors (Lipinski definition) is 1. The second-order valence-electron chi connectivity index (χ2n) is 5.34. The molecule has 1 aliphatic heterocycles. The highest BCUT2D eigenvalue weighted by Crippen LogP contribution is 2.34. The summed E-state index contributed by atoms with van der Waals surface area (Å²) in [4.78, 5) is 1.34. The van der Waals surface area contributed by atoms with Crippen molar-refractivity contribution in [1.29, 1.82) is 0 Å². The van der Waals surface area contributed by atoms with E-state index in [1.54, 1.807) is 0 Å². The number of benzene rings is 1. The minimum Gasteiger partial charge on any atom is -0.381 e. The molecule has 0 unspecified atom stereocenters. The molecular weight excluding hydrogens is 278 g/mol. The molecule has 1 aromatic carbocycles. The van der Waals surface area contributed by atoms with E-state index in [0.29, 0.717) is 5.25 Å². The van der Waals surface area contributed by atoms with Crippen LogP contribution in [0.1, 0.15) is 31.2 Å². The Morgan fingerprint density at radius 1 is 1.21 bits per heavy atom. The Morgan fingerprint density at radius 3 is 2.74 bits per heavy atom. The summed E-state index contributed by atoms with van der Waals surface area (Å²) in [5.74, 6) is 0. The highest BCUT2D eigenvalue weighted by atomic mass is 35.5. The maximum absolute atomic E-state index is 6.15. The Hall–Kier alpha value is -0.220. The van der Waals surface area contributed by atoms with Gasteiger partial charge in [-0.3, -0.25) is 0 Å². The molecule has 3 rings (SSSR count). The maximum atomic E-state index is 6.15. The van der Waals surface area contributed by atoms with Crippen molar-refractivity contribution < 1.29 is 4.74 Å². The van der Waals surface area contributed by atoms with Crippen molar-refractivity contribution in [3.8, 4) is 0 Å². The van der Waals surface area contributed by atoms with Crippen molar-refractivity contribution in [2.45, 2.75) is 48.4 Å². The number of halogens is 1. The summed E-state index contributed by atoms with van der Waals surface area (Å²) in [6.45, 7) is 2.76. The van der Waals surface area contributed by atoms with E-state index in [1.165, 1.54) is 23.3 Å². The summed E-state index contributed by atoms with van der Waals surface area (Å²) in [5.41, 5.74) is 1.38. The molecule has 19 heavy (non-hydrogen) atoms. The molecule has 0 atom stereocenters. The predicted octanol–water partition coefficient (Wildman–Crippen LogP) is 3.86. The minimum absolute atomic E-state index is 0.673. The molecule has 2 aliphatic rings. The van der Waals surface area contributed by atoms with Gasteiger partial charge in [0, 0.05) is 41.0 Å². The lowest BCUT2D eigenvalue weighted by atomic mass is 10.2. The van der Waals surface area contributed by atoms with E-state index in [0.717, 1.165) is 43.7 Å². The van der Waals surface area contributed by atoms with Crippen molar-refractivity contribution in [1.82, 2.24) is 5.32 Å². The van der Waals surface area contributed by atoms with Crippen LogP contribution in [-0.4, -0.2) is 24.5 Å². The fourth-order valence-electron chi connectivity index (χ4n) is 2.30. The van der Waals surface area contributed by atoms with Crippen LogP contribution in [0.5, 0.6) is 0 Å². The molecule has 1 aromatic rings. The molecule has 1 saturated carbocycles. The van der Waals surface area contributed by atoms with Crippen LogP contribution in [0.4, 0.5) is 0 Å². The van der Waals surface area contributed by atoms with E-state index in [9.17, 15) is 0 Å². The summed E-state index contributed by atoms with van der Waals surface area (Å²) in [7, 11) is 0. The van der Waals surface area contributed by atoms with Gasteiger partial charge in [0.25, 0.3) is 0 Å². The molecule has 1 N–H and O–H groups in total. The molecule has 2 fully saturated rings. The molecule has 0 spiro atoms. The van der Waals surface area contributed by atoms with Gasteiger partial charge in [0.05, 0.1) is 0 Å². The molecule has 0 radical (unpaired) electrons. The minimum atomic E-state index is 0.673. The van der Waals surface area contributed by atoms with E-state index < -0.39 is 0 Å². The number of nitrogens with one attached hydrogen (secondary N) is 1. The summed E-state index contributed by atoms with van der Waals surface area (Å²) < 4.78 is 5.43. The van der Waals surface area contributed by atoms with Gasteiger partial charge in [-0.1, -0.05) is 17.7 Å². The van der Waals surface area contributed by atoms with Crippen LogP contribution in [-0.2, 0) is 11.3 Å². The van der Waals surface area contributed by atoms with Gasteiger partial charge in [-0.05, 0) is 43.4 Å². The number of thioether (sulfide) groups is 1. The van der Waals surface area contributed by atoms with E-state index >= 15 is 0 Å². The van der Waals surface area contributed by atoms with Crippen LogP contribution in [0.2, 0.25) is 5.02 Å². The molecule has 104 valence electrons. The molecular formula is C15H20ClNOS. The molecule has 1 heterocycles. The first-order valence-corrected chi connectivity index (χ1v) is 8.33. The third-order valence-electron chi connectivity index (χ3n) is 3.65. The van der Waals surface area contributed by atoms with Gasteiger partial charge in [-0.2, -0.15) is 0 Å². The molecule has 4 heteroatoms. The van der Waals surface area contributed by atoms with Gasteiger partial charge in [0.1, 0.15) is 0 Å². The van der Waals surface area contributed by atoms with Crippen LogP contribution in [0.3, 0.4) is 0 Å². The quantitative estimate of drug-likeness (QED) is 0.891. The van der Waals surface area contributed by atoms with E-state index in [-0.39, 0.29) is 0 Å².